The van der Waals surface area contributed by atoms with Crippen molar-refractivity contribution in [2.45, 2.75) is 25.9 Å². The average molecular weight is 544 g/mol. The van der Waals surface area contributed by atoms with E-state index in [2.05, 4.69) is 15.6 Å². The Labute approximate surface area is 214 Å². The van der Waals surface area contributed by atoms with Gasteiger partial charge in [-0.25, -0.2) is 14.6 Å². The molecule has 0 aliphatic carbocycles. The molecule has 0 unspecified atom stereocenters. The highest BCUT2D eigenvalue weighted by Crippen LogP contribution is 2.16. The second-order valence-electron chi connectivity index (χ2n) is 6.82. The maximum atomic E-state index is 12.7. The summed E-state index contributed by atoms with van der Waals surface area (Å²) in [5, 5.41) is 4.40. The zero-order valence-corrected chi connectivity index (χ0v) is 21.5. The molecule has 2 N–H and O–H groups in total. The third-order valence-electron chi connectivity index (χ3n) is 4.23. The third kappa shape index (κ3) is 9.53. The fourth-order valence-corrected chi connectivity index (χ4v) is 5.37. The fraction of sp³-hybridized carbons (Fsp3) is 0.476. The number of esters is 2. The molecule has 11 nitrogen and oxygen atoms in total. The van der Waals surface area contributed by atoms with Crippen molar-refractivity contribution in [1.29, 1.82) is 0 Å². The van der Waals surface area contributed by atoms with Gasteiger partial charge in [-0.2, -0.15) is 0 Å². The minimum absolute atomic E-state index is 0.00208. The minimum Gasteiger partial charge on any atom is -0.464 e. The molecule has 2 atom stereocenters. The van der Waals surface area contributed by atoms with Gasteiger partial charge in [0.05, 0.1) is 24.7 Å². The summed E-state index contributed by atoms with van der Waals surface area (Å²) in [6, 6.07) is 1.84. The molecular weight excluding hydrogens is 518 g/mol. The monoisotopic (exact) mass is 543 g/mol. The highest BCUT2D eigenvalue weighted by atomic mass is 32.2. The summed E-state index contributed by atoms with van der Waals surface area (Å²) in [6.07, 6.45) is 0. The Morgan fingerprint density at radius 1 is 0.857 bits per heavy atom. The molecule has 1 aliphatic heterocycles. The highest BCUT2D eigenvalue weighted by molar-refractivity contribution is 8.17. The van der Waals surface area contributed by atoms with Crippen LogP contribution in [0.4, 0.5) is 0 Å². The number of nitrogens with zero attached hydrogens (tertiary/aromatic N) is 1. The molecule has 2 amide bonds. The van der Waals surface area contributed by atoms with Gasteiger partial charge in [-0.15, -0.1) is 11.8 Å². The van der Waals surface area contributed by atoms with Gasteiger partial charge in [0.1, 0.15) is 23.5 Å². The van der Waals surface area contributed by atoms with E-state index in [4.69, 9.17) is 9.47 Å². The van der Waals surface area contributed by atoms with E-state index in [9.17, 15) is 28.8 Å². The molecule has 0 saturated heterocycles. The zero-order valence-electron chi connectivity index (χ0n) is 19.1. The van der Waals surface area contributed by atoms with Gasteiger partial charge >= 0.3 is 11.9 Å². The van der Waals surface area contributed by atoms with Crippen molar-refractivity contribution < 1.29 is 38.2 Å². The lowest BCUT2D eigenvalue weighted by molar-refractivity contribution is -0.145. The van der Waals surface area contributed by atoms with Crippen LogP contribution in [0.15, 0.2) is 18.2 Å². The Bertz CT molecular complexity index is 904. The Morgan fingerprint density at radius 2 is 1.29 bits per heavy atom. The summed E-state index contributed by atoms with van der Waals surface area (Å²) < 4.78 is 9.96. The molecule has 1 aromatic rings. The molecule has 14 heteroatoms. The van der Waals surface area contributed by atoms with Crippen molar-refractivity contribution in [1.82, 2.24) is 15.6 Å². The minimum atomic E-state index is -1.13. The Balaban J connectivity index is 2.32. The van der Waals surface area contributed by atoms with E-state index in [1.807, 2.05) is 0 Å². The van der Waals surface area contributed by atoms with Crippen LogP contribution in [0.1, 0.15) is 34.8 Å². The van der Waals surface area contributed by atoms with Crippen LogP contribution in [-0.2, 0) is 28.7 Å². The van der Waals surface area contributed by atoms with E-state index in [1.54, 1.807) is 13.8 Å². The van der Waals surface area contributed by atoms with Crippen LogP contribution < -0.4 is 10.6 Å². The van der Waals surface area contributed by atoms with Crippen molar-refractivity contribution in [3.05, 3.63) is 29.6 Å². The van der Waals surface area contributed by atoms with Gasteiger partial charge in [0, 0.05) is 11.5 Å². The molecule has 0 aromatic carbocycles. The predicted octanol–water partition coefficient (Wildman–Crippen LogP) is 0.671. The lowest BCUT2D eigenvalue weighted by Gasteiger charge is -2.18. The first-order valence-electron chi connectivity index (χ1n) is 10.6. The number of carbonyl (C=O) groups excluding carboxylic acids is 6. The molecule has 0 saturated carbocycles. The number of amides is 2. The normalized spacial score (nSPS) is 20.6. The number of hydrogen-bond donors (Lipinski definition) is 2. The van der Waals surface area contributed by atoms with Crippen molar-refractivity contribution >= 4 is 69.3 Å². The fourth-order valence-electron chi connectivity index (χ4n) is 2.63. The summed E-state index contributed by atoms with van der Waals surface area (Å²) in [5.74, 6) is -3.08. The van der Waals surface area contributed by atoms with Crippen molar-refractivity contribution in [2.24, 2.45) is 0 Å². The molecule has 1 aliphatic rings. The smallest absolute Gasteiger partial charge is 0.329 e. The van der Waals surface area contributed by atoms with Crippen LogP contribution >= 0.6 is 35.3 Å². The summed E-state index contributed by atoms with van der Waals surface area (Å²) in [7, 11) is 0. The molecule has 2 heterocycles. The molecule has 0 radical (unpaired) electrons. The lowest BCUT2D eigenvalue weighted by atomic mass is 10.2. The summed E-state index contributed by atoms with van der Waals surface area (Å²) >= 11 is 2.74. The Hall–Kier alpha value is -2.58. The predicted molar refractivity (Wildman–Crippen MR) is 132 cm³/mol. The Morgan fingerprint density at radius 3 is 1.69 bits per heavy atom. The van der Waals surface area contributed by atoms with E-state index < -0.39 is 35.8 Å². The largest absolute Gasteiger partial charge is 0.464 e. The van der Waals surface area contributed by atoms with E-state index >= 15 is 0 Å². The van der Waals surface area contributed by atoms with Gasteiger partial charge in [-0.1, -0.05) is 29.6 Å². The van der Waals surface area contributed by atoms with Crippen molar-refractivity contribution in [3.8, 4) is 0 Å². The quantitative estimate of drug-likeness (QED) is 0.512. The number of aromatic nitrogens is 1. The maximum absolute atomic E-state index is 12.7. The topological polar surface area (TPSA) is 158 Å². The molecule has 190 valence electrons. The number of nitrogens with one attached hydrogen (secondary N) is 2. The van der Waals surface area contributed by atoms with Crippen LogP contribution in [-0.4, -0.2) is 87.3 Å². The lowest BCUT2D eigenvalue weighted by Crippen LogP contribution is -2.45. The van der Waals surface area contributed by atoms with Crippen molar-refractivity contribution in [2.75, 3.05) is 36.2 Å². The van der Waals surface area contributed by atoms with Gasteiger partial charge < -0.3 is 20.1 Å². The highest BCUT2D eigenvalue weighted by Gasteiger charge is 2.27. The van der Waals surface area contributed by atoms with E-state index in [-0.39, 0.29) is 57.8 Å². The molecule has 35 heavy (non-hydrogen) atoms. The molecule has 2 rings (SSSR count). The summed E-state index contributed by atoms with van der Waals surface area (Å²) in [6.45, 7) is 3.37. The average Bonchev–Trinajstić information content (AvgIpc) is 2.83. The van der Waals surface area contributed by atoms with E-state index in [0.29, 0.717) is 0 Å². The maximum Gasteiger partial charge on any atom is 0.329 e. The molecular formula is C21H25N3O8S3. The molecule has 0 fully saturated rings. The van der Waals surface area contributed by atoms with Crippen molar-refractivity contribution in [3.63, 3.8) is 0 Å². The second kappa shape index (κ2) is 14.7. The van der Waals surface area contributed by atoms with Gasteiger partial charge in [-0.05, 0) is 26.0 Å². The number of rotatable bonds is 4. The standard InChI is InChI=1S/C21H25N3O8S3/c1-3-31-20(29)14-8-34-16(25)10-33-11-17(26)35-9-15(21(30)32-4-2)24-19(28)13-7-5-6-12(22-13)18(27)23-14/h5-7,14-15H,3-4,8-11H2,1-2H3,(H,23,27)(H,24,28)/t14-,15-/m1/s1. The second-order valence-corrected chi connectivity index (χ2v) is 9.96. The summed E-state index contributed by atoms with van der Waals surface area (Å²) in [4.78, 5) is 78.6. The summed E-state index contributed by atoms with van der Waals surface area (Å²) in [5.41, 5.74) is -0.311. The molecule has 1 aromatic heterocycles. The van der Waals surface area contributed by atoms with Crippen LogP contribution in [0.25, 0.3) is 0 Å². The number of fused-ring (bicyclic) bond motifs is 2. The first-order valence-corrected chi connectivity index (χ1v) is 13.7. The first kappa shape index (κ1) is 28.7. The van der Waals surface area contributed by atoms with Crippen LogP contribution in [0.3, 0.4) is 0 Å². The zero-order chi connectivity index (χ0) is 25.8. The van der Waals surface area contributed by atoms with E-state index in [0.717, 1.165) is 35.3 Å². The number of thioether (sulfide) groups is 3. The number of pyridine rings is 1. The van der Waals surface area contributed by atoms with Gasteiger partial charge in [0.2, 0.25) is 0 Å². The molecule has 2 bridgehead atoms. The third-order valence-corrected chi connectivity index (χ3v) is 7.46. The van der Waals surface area contributed by atoms with Crippen LogP contribution in [0.5, 0.6) is 0 Å². The van der Waals surface area contributed by atoms with Gasteiger partial charge in [0.15, 0.2) is 10.2 Å². The number of ether oxygens (including phenoxy) is 2. The van der Waals surface area contributed by atoms with Crippen LogP contribution in [0, 0.1) is 0 Å². The molecule has 0 spiro atoms. The van der Waals surface area contributed by atoms with E-state index in [1.165, 1.54) is 18.2 Å². The van der Waals surface area contributed by atoms with Gasteiger partial charge in [0.25, 0.3) is 11.8 Å². The van der Waals surface area contributed by atoms with Gasteiger partial charge in [-0.3, -0.25) is 19.2 Å². The van der Waals surface area contributed by atoms with Crippen LogP contribution in [0.2, 0.25) is 0 Å². The SMILES string of the molecule is CCOC(=O)[C@H]1CSC(=O)CSCC(=O)SC[C@H](C(=O)OCC)NC(=O)c2cccc(n2)C(=O)N1. The number of carbonyl (C=O) groups is 6. The number of hydrogen-bond acceptors (Lipinski definition) is 12. The first-order chi connectivity index (χ1) is 16.7. The Kier molecular flexibility index (Phi) is 12.1.